The number of unbranched alkanes of at least 4 members (excludes halogenated alkanes) is 1. The van der Waals surface area contributed by atoms with Crippen molar-refractivity contribution in [1.82, 2.24) is 14.9 Å². The van der Waals surface area contributed by atoms with Crippen molar-refractivity contribution in [3.05, 3.63) is 20.8 Å². The molecule has 0 atom stereocenters. The first-order chi connectivity index (χ1) is 9.97. The topological polar surface area (TPSA) is 96.2 Å². The zero-order chi connectivity index (χ0) is 16.0. The van der Waals surface area contributed by atoms with Gasteiger partial charge in [-0.3, -0.25) is 14.3 Å². The van der Waals surface area contributed by atoms with Crippen molar-refractivity contribution in [2.75, 3.05) is 24.2 Å². The molecule has 0 amide bonds. The zero-order valence-corrected chi connectivity index (χ0v) is 13.5. The first-order valence-corrected chi connectivity index (χ1v) is 7.50. The lowest BCUT2D eigenvalue weighted by molar-refractivity contribution is 0.604. The highest BCUT2D eigenvalue weighted by Crippen LogP contribution is 2.17. The molecule has 1 heterocycles. The van der Waals surface area contributed by atoms with Crippen LogP contribution in [0.1, 0.15) is 33.1 Å². The second-order valence-corrected chi connectivity index (χ2v) is 5.09. The summed E-state index contributed by atoms with van der Waals surface area (Å²) in [5.41, 5.74) is 5.29. The van der Waals surface area contributed by atoms with E-state index in [1.807, 2.05) is 13.8 Å². The quantitative estimate of drug-likeness (QED) is 0.667. The smallest absolute Gasteiger partial charge is 0.330 e. The monoisotopic (exact) mass is 313 g/mol. The number of nitrogen functional groups attached to an aromatic ring is 1. The number of hydrogen-bond acceptors (Lipinski definition) is 4. The second-order valence-electron chi connectivity index (χ2n) is 4.71. The van der Waals surface area contributed by atoms with Crippen LogP contribution in [0.3, 0.4) is 0 Å². The Morgan fingerprint density at radius 3 is 2.57 bits per heavy atom. The van der Waals surface area contributed by atoms with Crippen LogP contribution < -0.4 is 27.2 Å². The fourth-order valence-electron chi connectivity index (χ4n) is 2.05. The molecule has 0 aromatic carbocycles. The molecular weight excluding hydrogens is 290 g/mol. The minimum Gasteiger partial charge on any atom is -0.383 e. The largest absolute Gasteiger partial charge is 0.383 e. The number of aromatic nitrogens is 2. The second kappa shape index (κ2) is 7.82. The number of thiocarbonyl (C=S) groups is 1. The van der Waals surface area contributed by atoms with E-state index in [1.54, 1.807) is 11.9 Å². The van der Waals surface area contributed by atoms with Crippen molar-refractivity contribution < 1.29 is 0 Å². The van der Waals surface area contributed by atoms with Crippen LogP contribution in [-0.2, 0) is 6.54 Å². The van der Waals surface area contributed by atoms with Crippen molar-refractivity contribution in [3.63, 3.8) is 0 Å². The minimum atomic E-state index is -0.517. The predicted octanol–water partition coefficient (Wildman–Crippen LogP) is 0.640. The van der Waals surface area contributed by atoms with Crippen LogP contribution in [0.4, 0.5) is 11.5 Å². The molecule has 21 heavy (non-hydrogen) atoms. The fraction of sp³-hybridized carbons (Fsp3) is 0.615. The molecule has 0 fully saturated rings. The number of hydrogen-bond donors (Lipinski definition) is 3. The van der Waals surface area contributed by atoms with E-state index in [-0.39, 0.29) is 11.5 Å². The third-order valence-electron chi connectivity index (χ3n) is 3.13. The fourth-order valence-corrected chi connectivity index (χ4v) is 2.23. The number of aromatic amines is 1. The number of rotatable bonds is 6. The van der Waals surface area contributed by atoms with Gasteiger partial charge in [0.2, 0.25) is 0 Å². The van der Waals surface area contributed by atoms with E-state index >= 15 is 0 Å². The number of nitrogens with one attached hydrogen (secondary N) is 2. The van der Waals surface area contributed by atoms with Crippen molar-refractivity contribution in [2.45, 2.75) is 39.7 Å². The molecule has 1 aromatic heterocycles. The van der Waals surface area contributed by atoms with Gasteiger partial charge in [0.1, 0.15) is 5.82 Å². The van der Waals surface area contributed by atoms with E-state index in [4.69, 9.17) is 18.0 Å². The van der Waals surface area contributed by atoms with Gasteiger partial charge in [0.25, 0.3) is 5.56 Å². The van der Waals surface area contributed by atoms with Crippen molar-refractivity contribution in [1.29, 1.82) is 0 Å². The third kappa shape index (κ3) is 3.84. The first kappa shape index (κ1) is 17.2. The SMILES string of the molecule is CCCCn1c(N)c(N(CCC)C(=S)NC)c(=O)[nH]c1=O. The molecule has 4 N–H and O–H groups in total. The number of anilines is 2. The van der Waals surface area contributed by atoms with Gasteiger partial charge in [0.05, 0.1) is 0 Å². The molecule has 0 aliphatic heterocycles. The zero-order valence-electron chi connectivity index (χ0n) is 12.7. The maximum absolute atomic E-state index is 12.1. The highest BCUT2D eigenvalue weighted by Gasteiger charge is 2.20. The molecule has 0 spiro atoms. The molecule has 0 saturated heterocycles. The number of nitrogens with two attached hydrogens (primary N) is 1. The van der Waals surface area contributed by atoms with Gasteiger partial charge in [0.15, 0.2) is 10.8 Å². The highest BCUT2D eigenvalue weighted by atomic mass is 32.1. The highest BCUT2D eigenvalue weighted by molar-refractivity contribution is 7.80. The Kier molecular flexibility index (Phi) is 6.41. The Labute approximate surface area is 129 Å². The van der Waals surface area contributed by atoms with Gasteiger partial charge >= 0.3 is 5.69 Å². The molecule has 1 rings (SSSR count). The molecule has 0 bridgehead atoms. The van der Waals surface area contributed by atoms with Crippen LogP contribution in [0.25, 0.3) is 0 Å². The average molecular weight is 313 g/mol. The predicted molar refractivity (Wildman–Crippen MR) is 89.9 cm³/mol. The Morgan fingerprint density at radius 2 is 2.05 bits per heavy atom. The van der Waals surface area contributed by atoms with Gasteiger partial charge in [-0.05, 0) is 25.1 Å². The van der Waals surface area contributed by atoms with Crippen LogP contribution in [0.5, 0.6) is 0 Å². The van der Waals surface area contributed by atoms with Crippen LogP contribution in [-0.4, -0.2) is 28.3 Å². The summed E-state index contributed by atoms with van der Waals surface area (Å²) in [5.74, 6) is 0.156. The molecule has 0 aliphatic rings. The Hall–Kier alpha value is -1.83. The average Bonchev–Trinajstić information content (AvgIpc) is 2.45. The van der Waals surface area contributed by atoms with Gasteiger partial charge in [-0.1, -0.05) is 20.3 Å². The van der Waals surface area contributed by atoms with E-state index in [0.717, 1.165) is 19.3 Å². The van der Waals surface area contributed by atoms with E-state index < -0.39 is 11.2 Å². The lowest BCUT2D eigenvalue weighted by atomic mass is 10.3. The van der Waals surface area contributed by atoms with Crippen molar-refractivity contribution >= 4 is 28.8 Å². The van der Waals surface area contributed by atoms with Crippen LogP contribution in [0.2, 0.25) is 0 Å². The van der Waals surface area contributed by atoms with Crippen LogP contribution in [0.15, 0.2) is 9.59 Å². The van der Waals surface area contributed by atoms with Gasteiger partial charge in [0, 0.05) is 20.1 Å². The molecule has 7 nitrogen and oxygen atoms in total. The van der Waals surface area contributed by atoms with E-state index in [1.165, 1.54) is 4.57 Å². The summed E-state index contributed by atoms with van der Waals surface area (Å²) in [6, 6.07) is 0. The van der Waals surface area contributed by atoms with Crippen LogP contribution >= 0.6 is 12.2 Å². The van der Waals surface area contributed by atoms with Gasteiger partial charge in [-0.25, -0.2) is 4.79 Å². The molecule has 0 radical (unpaired) electrons. The van der Waals surface area contributed by atoms with E-state index in [2.05, 4.69) is 10.3 Å². The van der Waals surface area contributed by atoms with Gasteiger partial charge in [-0.15, -0.1) is 0 Å². The Morgan fingerprint density at radius 1 is 1.38 bits per heavy atom. The van der Waals surface area contributed by atoms with Gasteiger partial charge < -0.3 is 16.0 Å². The standard InChI is InChI=1S/C13H23N5O2S/c1-4-6-8-18-10(14)9(11(19)16-12(18)20)17(7-5-2)13(21)15-3/h4-8,14H2,1-3H3,(H,15,21)(H,16,19,20). The number of H-pyrrole nitrogens is 1. The Balaban J connectivity index is 3.42. The summed E-state index contributed by atoms with van der Waals surface area (Å²) in [7, 11) is 1.68. The summed E-state index contributed by atoms with van der Waals surface area (Å²) < 4.78 is 1.39. The molecule has 0 unspecified atom stereocenters. The first-order valence-electron chi connectivity index (χ1n) is 7.09. The molecule has 8 heteroatoms. The van der Waals surface area contributed by atoms with E-state index in [9.17, 15) is 9.59 Å². The summed E-state index contributed by atoms with van der Waals surface area (Å²) in [5, 5.41) is 3.24. The summed E-state index contributed by atoms with van der Waals surface area (Å²) in [6.07, 6.45) is 2.52. The normalized spacial score (nSPS) is 10.4. The maximum Gasteiger partial charge on any atom is 0.330 e. The van der Waals surface area contributed by atoms with Crippen molar-refractivity contribution in [2.24, 2.45) is 0 Å². The number of nitrogens with zero attached hydrogens (tertiary/aromatic N) is 2. The Bertz CT molecular complexity index is 608. The lowest BCUT2D eigenvalue weighted by Crippen LogP contribution is -2.44. The molecule has 1 aromatic rings. The van der Waals surface area contributed by atoms with Crippen molar-refractivity contribution in [3.8, 4) is 0 Å². The molecule has 0 saturated carbocycles. The summed E-state index contributed by atoms with van der Waals surface area (Å²) in [4.78, 5) is 28.0. The molecular formula is C13H23N5O2S. The van der Waals surface area contributed by atoms with Crippen LogP contribution in [0, 0.1) is 0 Å². The van der Waals surface area contributed by atoms with E-state index in [0.29, 0.717) is 18.2 Å². The summed E-state index contributed by atoms with van der Waals surface area (Å²) in [6.45, 7) is 5.01. The maximum atomic E-state index is 12.1. The lowest BCUT2D eigenvalue weighted by Gasteiger charge is -2.25. The molecule has 0 aliphatic carbocycles. The van der Waals surface area contributed by atoms with Gasteiger partial charge in [-0.2, -0.15) is 0 Å². The minimum absolute atomic E-state index is 0.156. The molecule has 118 valence electrons. The summed E-state index contributed by atoms with van der Waals surface area (Å²) >= 11 is 5.23. The third-order valence-corrected chi connectivity index (χ3v) is 3.55.